The van der Waals surface area contributed by atoms with Crippen molar-refractivity contribution in [1.29, 1.82) is 0 Å². The van der Waals surface area contributed by atoms with E-state index in [-0.39, 0.29) is 5.56 Å². The number of likely N-dealkylation sites (N-methyl/N-ethyl adjacent to an activating group) is 1. The van der Waals surface area contributed by atoms with Crippen LogP contribution in [0.4, 0.5) is 5.95 Å². The van der Waals surface area contributed by atoms with Crippen LogP contribution in [0, 0.1) is 0 Å². The smallest absolute Gasteiger partial charge is 0.257 e. The fourth-order valence-corrected chi connectivity index (χ4v) is 2.62. The first-order valence-electron chi connectivity index (χ1n) is 7.38. The van der Waals surface area contributed by atoms with Crippen molar-refractivity contribution in [1.82, 2.24) is 14.9 Å². The van der Waals surface area contributed by atoms with Gasteiger partial charge in [-0.3, -0.25) is 14.7 Å². The molecule has 2 heterocycles. The summed E-state index contributed by atoms with van der Waals surface area (Å²) in [4.78, 5) is 21.9. The van der Waals surface area contributed by atoms with Crippen LogP contribution in [-0.4, -0.2) is 28.0 Å². The quantitative estimate of drug-likeness (QED) is 0.898. The normalized spacial score (nSPS) is 14.7. The van der Waals surface area contributed by atoms with E-state index < -0.39 is 0 Å². The Labute approximate surface area is 124 Å². The van der Waals surface area contributed by atoms with Crippen molar-refractivity contribution in [2.75, 3.05) is 18.4 Å². The lowest BCUT2D eigenvalue weighted by atomic mass is 10.1. The van der Waals surface area contributed by atoms with Crippen LogP contribution in [-0.2, 0) is 19.5 Å². The van der Waals surface area contributed by atoms with Crippen LogP contribution in [0.3, 0.4) is 0 Å². The summed E-state index contributed by atoms with van der Waals surface area (Å²) in [5.74, 6) is 0.563. The van der Waals surface area contributed by atoms with Gasteiger partial charge in [-0.25, -0.2) is 4.98 Å². The average Bonchev–Trinajstić information content (AvgIpc) is 2.54. The number of hydrogen-bond acceptors (Lipinski definition) is 4. The highest BCUT2D eigenvalue weighted by molar-refractivity contribution is 5.32. The summed E-state index contributed by atoms with van der Waals surface area (Å²) >= 11 is 0. The Hall–Kier alpha value is -2.14. The van der Waals surface area contributed by atoms with Gasteiger partial charge in [0.05, 0.1) is 11.3 Å². The molecule has 0 fully saturated rings. The van der Waals surface area contributed by atoms with Crippen molar-refractivity contribution in [3.8, 4) is 0 Å². The molecule has 5 nitrogen and oxygen atoms in total. The fraction of sp³-hybridized carbons (Fsp3) is 0.375. The SMILES string of the molecule is CCN1CCc2nc(NCc3ccccc3)[nH]c(=O)c2C1. The Kier molecular flexibility index (Phi) is 4.01. The summed E-state index contributed by atoms with van der Waals surface area (Å²) in [6, 6.07) is 10.1. The molecule has 0 bridgehead atoms. The first-order chi connectivity index (χ1) is 10.3. The lowest BCUT2D eigenvalue weighted by Gasteiger charge is -2.26. The lowest BCUT2D eigenvalue weighted by Crippen LogP contribution is -2.35. The Balaban J connectivity index is 1.76. The van der Waals surface area contributed by atoms with E-state index in [1.54, 1.807) is 0 Å². The molecule has 0 spiro atoms. The number of nitrogens with zero attached hydrogens (tertiary/aromatic N) is 2. The molecule has 110 valence electrons. The molecule has 2 N–H and O–H groups in total. The minimum Gasteiger partial charge on any atom is -0.352 e. The van der Waals surface area contributed by atoms with Crippen molar-refractivity contribution in [3.05, 3.63) is 57.5 Å². The van der Waals surface area contributed by atoms with Gasteiger partial charge < -0.3 is 5.32 Å². The molecule has 1 aliphatic rings. The highest BCUT2D eigenvalue weighted by Gasteiger charge is 2.19. The number of nitrogens with one attached hydrogen (secondary N) is 2. The summed E-state index contributed by atoms with van der Waals surface area (Å²) in [6.07, 6.45) is 0.840. The third-order valence-electron chi connectivity index (χ3n) is 3.90. The highest BCUT2D eigenvalue weighted by Crippen LogP contribution is 2.14. The van der Waals surface area contributed by atoms with Crippen molar-refractivity contribution in [2.24, 2.45) is 0 Å². The predicted octanol–water partition coefficient (Wildman–Crippen LogP) is 1.76. The molecule has 0 aliphatic carbocycles. The molecule has 2 aromatic rings. The monoisotopic (exact) mass is 284 g/mol. The second-order valence-electron chi connectivity index (χ2n) is 5.30. The number of hydrogen-bond donors (Lipinski definition) is 2. The third kappa shape index (κ3) is 3.13. The van der Waals surface area contributed by atoms with Crippen LogP contribution in [0.15, 0.2) is 35.1 Å². The summed E-state index contributed by atoms with van der Waals surface area (Å²) in [5, 5.41) is 3.20. The van der Waals surface area contributed by atoms with Gasteiger partial charge in [-0.05, 0) is 12.1 Å². The van der Waals surface area contributed by atoms with Crippen molar-refractivity contribution >= 4 is 5.95 Å². The van der Waals surface area contributed by atoms with Crippen molar-refractivity contribution in [3.63, 3.8) is 0 Å². The highest BCUT2D eigenvalue weighted by atomic mass is 16.1. The number of rotatable bonds is 4. The van der Waals surface area contributed by atoms with Crippen LogP contribution in [0.5, 0.6) is 0 Å². The first-order valence-corrected chi connectivity index (χ1v) is 7.38. The Morgan fingerprint density at radius 2 is 2.14 bits per heavy atom. The average molecular weight is 284 g/mol. The lowest BCUT2D eigenvalue weighted by molar-refractivity contribution is 0.264. The number of fused-ring (bicyclic) bond motifs is 1. The van der Waals surface area contributed by atoms with Gasteiger partial charge in [-0.1, -0.05) is 37.3 Å². The Morgan fingerprint density at radius 3 is 2.90 bits per heavy atom. The molecule has 1 aromatic carbocycles. The third-order valence-corrected chi connectivity index (χ3v) is 3.90. The molecule has 0 amide bonds. The van der Waals surface area contributed by atoms with Crippen molar-refractivity contribution in [2.45, 2.75) is 26.4 Å². The van der Waals surface area contributed by atoms with Crippen molar-refractivity contribution < 1.29 is 0 Å². The Bertz CT molecular complexity index is 666. The molecule has 0 atom stereocenters. The summed E-state index contributed by atoms with van der Waals surface area (Å²) in [6.45, 7) is 5.41. The van der Waals surface area contributed by atoms with E-state index in [0.717, 1.165) is 36.3 Å². The summed E-state index contributed by atoms with van der Waals surface area (Å²) < 4.78 is 0. The van der Waals surface area contributed by atoms with Gasteiger partial charge in [0.15, 0.2) is 0 Å². The maximum absolute atomic E-state index is 12.2. The molecular weight excluding hydrogens is 264 g/mol. The van der Waals surface area contributed by atoms with Gasteiger partial charge in [0.25, 0.3) is 5.56 Å². The number of anilines is 1. The molecule has 0 radical (unpaired) electrons. The van der Waals surface area contributed by atoms with E-state index in [2.05, 4.69) is 27.1 Å². The number of aromatic nitrogens is 2. The second kappa shape index (κ2) is 6.10. The number of H-pyrrole nitrogens is 1. The zero-order valence-electron chi connectivity index (χ0n) is 12.2. The molecule has 0 saturated carbocycles. The molecular formula is C16H20N4O. The summed E-state index contributed by atoms with van der Waals surface area (Å²) in [5.41, 5.74) is 2.89. The van der Waals surface area contributed by atoms with Gasteiger partial charge in [0.1, 0.15) is 0 Å². The molecule has 21 heavy (non-hydrogen) atoms. The standard InChI is InChI=1S/C16H20N4O/c1-2-20-9-8-14-13(11-20)15(21)19-16(18-14)17-10-12-6-4-3-5-7-12/h3-7H,2,8-11H2,1H3,(H2,17,18,19,21). The van der Waals surface area contributed by atoms with Gasteiger partial charge in [0.2, 0.25) is 5.95 Å². The van der Waals surface area contributed by atoms with E-state index in [1.807, 2.05) is 30.3 Å². The number of benzene rings is 1. The largest absolute Gasteiger partial charge is 0.352 e. The molecule has 0 saturated heterocycles. The van der Waals surface area contributed by atoms with Crippen LogP contribution in [0.1, 0.15) is 23.7 Å². The first kappa shape index (κ1) is 13.8. The zero-order chi connectivity index (χ0) is 14.7. The van der Waals surface area contributed by atoms with Gasteiger partial charge in [0, 0.05) is 26.1 Å². The molecule has 0 unspecified atom stereocenters. The molecule has 1 aromatic heterocycles. The molecule has 3 rings (SSSR count). The van der Waals surface area contributed by atoms with Crippen LogP contribution >= 0.6 is 0 Å². The van der Waals surface area contributed by atoms with E-state index >= 15 is 0 Å². The fourth-order valence-electron chi connectivity index (χ4n) is 2.62. The zero-order valence-corrected chi connectivity index (χ0v) is 12.2. The molecule has 1 aliphatic heterocycles. The van der Waals surface area contributed by atoms with E-state index in [0.29, 0.717) is 19.0 Å². The predicted molar refractivity (Wildman–Crippen MR) is 83.3 cm³/mol. The maximum Gasteiger partial charge on any atom is 0.257 e. The molecule has 5 heteroatoms. The van der Waals surface area contributed by atoms with Gasteiger partial charge in [-0.15, -0.1) is 0 Å². The van der Waals surface area contributed by atoms with E-state index in [9.17, 15) is 4.79 Å². The Morgan fingerprint density at radius 1 is 1.33 bits per heavy atom. The van der Waals surface area contributed by atoms with E-state index in [4.69, 9.17) is 0 Å². The maximum atomic E-state index is 12.2. The summed E-state index contributed by atoms with van der Waals surface area (Å²) in [7, 11) is 0. The van der Waals surface area contributed by atoms with Crippen LogP contribution in [0.25, 0.3) is 0 Å². The number of aromatic amines is 1. The topological polar surface area (TPSA) is 61.0 Å². The van der Waals surface area contributed by atoms with Gasteiger partial charge in [-0.2, -0.15) is 0 Å². The van der Waals surface area contributed by atoms with Crippen LogP contribution in [0.2, 0.25) is 0 Å². The van der Waals surface area contributed by atoms with Crippen LogP contribution < -0.4 is 10.9 Å². The van der Waals surface area contributed by atoms with E-state index in [1.165, 1.54) is 0 Å². The minimum atomic E-state index is -0.0197. The second-order valence-corrected chi connectivity index (χ2v) is 5.30. The van der Waals surface area contributed by atoms with Gasteiger partial charge >= 0.3 is 0 Å². The minimum absolute atomic E-state index is 0.0197.